The van der Waals surface area contributed by atoms with Crippen molar-refractivity contribution in [3.8, 4) is 0 Å². The quantitative estimate of drug-likeness (QED) is 0.941. The first-order chi connectivity index (χ1) is 7.29. The molecule has 0 atom stereocenters. The summed E-state index contributed by atoms with van der Waals surface area (Å²) in [4.78, 5) is 5.11. The Kier molecular flexibility index (Phi) is 3.45. The van der Waals surface area contributed by atoms with Gasteiger partial charge in [0.1, 0.15) is 6.26 Å². The van der Waals surface area contributed by atoms with Crippen molar-refractivity contribution < 1.29 is 4.42 Å². The van der Waals surface area contributed by atoms with E-state index in [0.717, 1.165) is 14.9 Å². The predicted molar refractivity (Wildman–Crippen MR) is 62.7 cm³/mol. The second-order valence-electron chi connectivity index (χ2n) is 2.87. The molecule has 0 saturated heterocycles. The first-order valence-electron chi connectivity index (χ1n) is 4.35. The highest BCUT2D eigenvalue weighted by molar-refractivity contribution is 9.10. The van der Waals surface area contributed by atoms with E-state index in [4.69, 9.17) is 10.2 Å². The Morgan fingerprint density at radius 1 is 1.47 bits per heavy atom. The van der Waals surface area contributed by atoms with Gasteiger partial charge in [-0.05, 0) is 45.4 Å². The van der Waals surface area contributed by atoms with Crippen LogP contribution < -0.4 is 5.73 Å². The molecule has 1 aromatic carbocycles. The molecule has 0 fully saturated rings. The van der Waals surface area contributed by atoms with Gasteiger partial charge in [0, 0.05) is 15.9 Å². The summed E-state index contributed by atoms with van der Waals surface area (Å²) in [6.07, 6.45) is 3.19. The lowest BCUT2D eigenvalue weighted by Crippen LogP contribution is -1.95. The molecule has 3 nitrogen and oxygen atoms in total. The fraction of sp³-hybridized carbons (Fsp3) is 0.100. The minimum Gasteiger partial charge on any atom is -0.440 e. The van der Waals surface area contributed by atoms with Crippen LogP contribution in [0.25, 0.3) is 0 Å². The lowest BCUT2D eigenvalue weighted by Gasteiger charge is -2.03. The summed E-state index contributed by atoms with van der Waals surface area (Å²) in [5.41, 5.74) is 6.64. The Balaban J connectivity index is 2.22. The molecule has 2 aromatic rings. The first kappa shape index (κ1) is 10.7. The van der Waals surface area contributed by atoms with Crippen molar-refractivity contribution in [2.45, 2.75) is 16.7 Å². The van der Waals surface area contributed by atoms with Crippen molar-refractivity contribution in [1.82, 2.24) is 4.98 Å². The van der Waals surface area contributed by atoms with Crippen molar-refractivity contribution in [1.29, 1.82) is 0 Å². The van der Waals surface area contributed by atoms with Gasteiger partial charge >= 0.3 is 0 Å². The highest BCUT2D eigenvalue weighted by Crippen LogP contribution is 2.32. The van der Waals surface area contributed by atoms with Gasteiger partial charge in [-0.25, -0.2) is 4.98 Å². The molecule has 2 rings (SSSR count). The molecular formula is C10H9BrN2OS. The molecule has 78 valence electrons. The number of hydrogen-bond acceptors (Lipinski definition) is 4. The van der Waals surface area contributed by atoms with Crippen molar-refractivity contribution in [2.75, 3.05) is 0 Å². The molecule has 0 aliphatic carbocycles. The SMILES string of the molecule is NCc1ccc(Sc2ncco2)c(Br)c1. The zero-order valence-electron chi connectivity index (χ0n) is 7.81. The summed E-state index contributed by atoms with van der Waals surface area (Å²) in [7, 11) is 0. The zero-order valence-corrected chi connectivity index (χ0v) is 10.2. The lowest BCUT2D eigenvalue weighted by atomic mass is 10.2. The summed E-state index contributed by atoms with van der Waals surface area (Å²) in [6, 6.07) is 6.00. The second kappa shape index (κ2) is 4.83. The summed E-state index contributed by atoms with van der Waals surface area (Å²) in [6.45, 7) is 0.544. The van der Waals surface area contributed by atoms with Crippen LogP contribution in [0.1, 0.15) is 5.56 Å². The Bertz CT molecular complexity index is 445. The average Bonchev–Trinajstić information content (AvgIpc) is 2.74. The van der Waals surface area contributed by atoms with E-state index < -0.39 is 0 Å². The maximum absolute atomic E-state index is 5.55. The Morgan fingerprint density at radius 3 is 2.93 bits per heavy atom. The number of halogens is 1. The molecule has 1 aromatic heterocycles. The van der Waals surface area contributed by atoms with E-state index in [2.05, 4.69) is 20.9 Å². The van der Waals surface area contributed by atoms with Gasteiger partial charge in [-0.1, -0.05) is 6.07 Å². The predicted octanol–water partition coefficient (Wildman–Crippen LogP) is 3.05. The van der Waals surface area contributed by atoms with E-state index >= 15 is 0 Å². The zero-order chi connectivity index (χ0) is 10.7. The Morgan fingerprint density at radius 2 is 2.33 bits per heavy atom. The van der Waals surface area contributed by atoms with Gasteiger partial charge in [-0.15, -0.1) is 0 Å². The molecule has 0 amide bonds. The second-order valence-corrected chi connectivity index (χ2v) is 4.72. The van der Waals surface area contributed by atoms with Crippen LogP contribution in [-0.2, 0) is 6.54 Å². The van der Waals surface area contributed by atoms with Gasteiger partial charge < -0.3 is 10.2 Å². The van der Waals surface area contributed by atoms with E-state index in [0.29, 0.717) is 11.8 Å². The minimum absolute atomic E-state index is 0.544. The van der Waals surface area contributed by atoms with Gasteiger partial charge in [-0.2, -0.15) is 0 Å². The molecule has 2 N–H and O–H groups in total. The maximum Gasteiger partial charge on any atom is 0.260 e. The van der Waals surface area contributed by atoms with E-state index in [9.17, 15) is 0 Å². The third-order valence-electron chi connectivity index (χ3n) is 1.84. The molecule has 0 aliphatic heterocycles. The molecule has 0 radical (unpaired) electrons. The number of nitrogens with two attached hydrogens (primary N) is 1. The maximum atomic E-state index is 5.55. The van der Waals surface area contributed by atoms with Crippen LogP contribution in [0.2, 0.25) is 0 Å². The molecule has 0 unspecified atom stereocenters. The standard InChI is InChI=1S/C10H9BrN2OS/c11-8-5-7(6-12)1-2-9(8)15-10-13-3-4-14-10/h1-5H,6,12H2. The van der Waals surface area contributed by atoms with E-state index in [1.165, 1.54) is 11.8 Å². The van der Waals surface area contributed by atoms with E-state index in [1.807, 2.05) is 18.2 Å². The Hall–Kier alpha value is -0.780. The minimum atomic E-state index is 0.544. The molecule has 0 aliphatic rings. The highest BCUT2D eigenvalue weighted by Gasteiger charge is 2.05. The van der Waals surface area contributed by atoms with Crippen molar-refractivity contribution in [3.05, 3.63) is 40.7 Å². The molecule has 5 heteroatoms. The van der Waals surface area contributed by atoms with Crippen LogP contribution in [0.4, 0.5) is 0 Å². The van der Waals surface area contributed by atoms with E-state index in [1.54, 1.807) is 12.5 Å². The third-order valence-corrected chi connectivity index (χ3v) is 3.71. The largest absolute Gasteiger partial charge is 0.440 e. The highest BCUT2D eigenvalue weighted by atomic mass is 79.9. The topological polar surface area (TPSA) is 52.0 Å². The fourth-order valence-corrected chi connectivity index (χ4v) is 2.48. The number of hydrogen-bond donors (Lipinski definition) is 1. The molecule has 15 heavy (non-hydrogen) atoms. The van der Waals surface area contributed by atoms with Crippen LogP contribution in [0.5, 0.6) is 0 Å². The summed E-state index contributed by atoms with van der Waals surface area (Å²) in [5, 5.41) is 0.635. The molecule has 0 bridgehead atoms. The van der Waals surface area contributed by atoms with Crippen molar-refractivity contribution in [3.63, 3.8) is 0 Å². The monoisotopic (exact) mass is 284 g/mol. The van der Waals surface area contributed by atoms with Crippen molar-refractivity contribution in [2.24, 2.45) is 5.73 Å². The summed E-state index contributed by atoms with van der Waals surface area (Å²) in [5.74, 6) is 0. The van der Waals surface area contributed by atoms with E-state index in [-0.39, 0.29) is 0 Å². The van der Waals surface area contributed by atoms with Gasteiger partial charge in [0.05, 0.1) is 6.20 Å². The summed E-state index contributed by atoms with van der Waals surface area (Å²) >= 11 is 4.96. The number of benzene rings is 1. The number of rotatable bonds is 3. The summed E-state index contributed by atoms with van der Waals surface area (Å²) < 4.78 is 6.16. The van der Waals surface area contributed by atoms with Crippen LogP contribution >= 0.6 is 27.7 Å². The van der Waals surface area contributed by atoms with Crippen LogP contribution in [0, 0.1) is 0 Å². The van der Waals surface area contributed by atoms with Gasteiger partial charge in [-0.3, -0.25) is 0 Å². The number of aromatic nitrogens is 1. The Labute approximate surface area is 100 Å². The molecule has 0 spiro atoms. The molecular weight excluding hydrogens is 276 g/mol. The lowest BCUT2D eigenvalue weighted by molar-refractivity contribution is 0.454. The van der Waals surface area contributed by atoms with Crippen LogP contribution in [-0.4, -0.2) is 4.98 Å². The van der Waals surface area contributed by atoms with Crippen LogP contribution in [0.3, 0.4) is 0 Å². The first-order valence-corrected chi connectivity index (χ1v) is 5.96. The normalized spacial score (nSPS) is 10.5. The number of nitrogens with zero attached hydrogens (tertiary/aromatic N) is 1. The fourth-order valence-electron chi connectivity index (χ4n) is 1.11. The third kappa shape index (κ3) is 2.62. The average molecular weight is 285 g/mol. The number of oxazole rings is 1. The van der Waals surface area contributed by atoms with Gasteiger partial charge in [0.25, 0.3) is 5.22 Å². The van der Waals surface area contributed by atoms with Crippen molar-refractivity contribution >= 4 is 27.7 Å². The van der Waals surface area contributed by atoms with Crippen LogP contribution in [0.15, 0.2) is 49.7 Å². The smallest absolute Gasteiger partial charge is 0.260 e. The van der Waals surface area contributed by atoms with Gasteiger partial charge in [0.15, 0.2) is 0 Å². The molecule has 0 saturated carbocycles. The van der Waals surface area contributed by atoms with Gasteiger partial charge in [0.2, 0.25) is 0 Å². The molecule has 1 heterocycles.